The van der Waals surface area contributed by atoms with Crippen molar-refractivity contribution in [3.63, 3.8) is 0 Å². The number of hydrogen-bond donors (Lipinski definition) is 1. The van der Waals surface area contributed by atoms with Gasteiger partial charge in [-0.05, 0) is 32.8 Å². The Hall–Kier alpha value is -1.78. The quantitative estimate of drug-likeness (QED) is 0.831. The second-order valence-electron chi connectivity index (χ2n) is 5.36. The highest BCUT2D eigenvalue weighted by molar-refractivity contribution is 5.71. The van der Waals surface area contributed by atoms with E-state index in [9.17, 15) is 4.79 Å². The number of nitrogens with zero attached hydrogens (tertiary/aromatic N) is 2. The third-order valence-electron chi connectivity index (χ3n) is 2.69. The summed E-state index contributed by atoms with van der Waals surface area (Å²) < 4.78 is 5.34. The van der Waals surface area contributed by atoms with E-state index in [1.807, 2.05) is 33.0 Å². The fourth-order valence-corrected chi connectivity index (χ4v) is 1.83. The van der Waals surface area contributed by atoms with Gasteiger partial charge in [0.2, 0.25) is 0 Å². The van der Waals surface area contributed by atoms with Crippen molar-refractivity contribution in [2.45, 2.75) is 32.8 Å². The largest absolute Gasteiger partial charge is 0.444 e. The first-order valence-electron chi connectivity index (χ1n) is 6.12. The van der Waals surface area contributed by atoms with Gasteiger partial charge >= 0.3 is 6.09 Å². The Kier molecular flexibility index (Phi) is 3.41. The summed E-state index contributed by atoms with van der Waals surface area (Å²) in [6.07, 6.45) is 6.12. The SMILES string of the molecule is CC(C)(C)OC(=O)N1CC=C(c2c[nH]cn2)CC1. The standard InChI is InChI=1S/C13H19N3O2/c1-13(2,3)18-12(17)16-6-4-10(5-7-16)11-8-14-9-15-11/h4,8-9H,5-7H2,1-3H3,(H,14,15). The van der Waals surface area contributed by atoms with Gasteiger partial charge in [-0.25, -0.2) is 9.78 Å². The first-order chi connectivity index (χ1) is 8.46. The third-order valence-corrected chi connectivity index (χ3v) is 2.69. The van der Waals surface area contributed by atoms with Crippen LogP contribution in [0.2, 0.25) is 0 Å². The molecule has 0 radical (unpaired) electrons. The molecule has 5 heteroatoms. The Labute approximate surface area is 107 Å². The number of carbonyl (C=O) groups is 1. The molecule has 2 heterocycles. The van der Waals surface area contributed by atoms with Gasteiger partial charge in [0.1, 0.15) is 5.60 Å². The summed E-state index contributed by atoms with van der Waals surface area (Å²) in [5, 5.41) is 0. The van der Waals surface area contributed by atoms with E-state index < -0.39 is 5.60 Å². The molecule has 1 aromatic heterocycles. The molecule has 1 amide bonds. The summed E-state index contributed by atoms with van der Waals surface area (Å²) in [5.74, 6) is 0. The molecule has 0 fully saturated rings. The van der Waals surface area contributed by atoms with E-state index in [4.69, 9.17) is 4.74 Å². The van der Waals surface area contributed by atoms with Crippen LogP contribution in [0.1, 0.15) is 32.9 Å². The minimum absolute atomic E-state index is 0.250. The van der Waals surface area contributed by atoms with E-state index >= 15 is 0 Å². The van der Waals surface area contributed by atoms with Crippen molar-refractivity contribution in [3.05, 3.63) is 24.3 Å². The minimum Gasteiger partial charge on any atom is -0.444 e. The van der Waals surface area contributed by atoms with Crippen molar-refractivity contribution in [2.75, 3.05) is 13.1 Å². The number of rotatable bonds is 1. The van der Waals surface area contributed by atoms with Crippen LogP contribution in [-0.4, -0.2) is 39.7 Å². The maximum atomic E-state index is 11.9. The molecule has 98 valence electrons. The topological polar surface area (TPSA) is 58.2 Å². The van der Waals surface area contributed by atoms with Gasteiger partial charge in [-0.15, -0.1) is 0 Å². The zero-order valence-corrected chi connectivity index (χ0v) is 11.1. The Bertz CT molecular complexity index is 443. The zero-order chi connectivity index (χ0) is 13.2. The lowest BCUT2D eigenvalue weighted by Crippen LogP contribution is -2.39. The molecule has 18 heavy (non-hydrogen) atoms. The van der Waals surface area contributed by atoms with Crippen molar-refractivity contribution in [1.29, 1.82) is 0 Å². The normalized spacial score (nSPS) is 16.4. The van der Waals surface area contributed by atoms with Crippen LogP contribution in [0, 0.1) is 0 Å². The maximum absolute atomic E-state index is 11.9. The van der Waals surface area contributed by atoms with Crippen LogP contribution < -0.4 is 0 Å². The number of ether oxygens (including phenoxy) is 1. The van der Waals surface area contributed by atoms with Crippen LogP contribution in [0.15, 0.2) is 18.6 Å². The summed E-state index contributed by atoms with van der Waals surface area (Å²) in [6.45, 7) is 6.88. The van der Waals surface area contributed by atoms with Gasteiger partial charge in [0.25, 0.3) is 0 Å². The lowest BCUT2D eigenvalue weighted by atomic mass is 10.1. The maximum Gasteiger partial charge on any atom is 0.410 e. The van der Waals surface area contributed by atoms with Gasteiger partial charge in [0.05, 0.1) is 12.0 Å². The summed E-state index contributed by atoms with van der Waals surface area (Å²) >= 11 is 0. The number of amides is 1. The zero-order valence-electron chi connectivity index (χ0n) is 11.1. The fourth-order valence-electron chi connectivity index (χ4n) is 1.83. The molecule has 0 aliphatic carbocycles. The molecule has 0 saturated carbocycles. The highest BCUT2D eigenvalue weighted by Gasteiger charge is 2.24. The second kappa shape index (κ2) is 4.84. The molecule has 0 aromatic carbocycles. The second-order valence-corrected chi connectivity index (χ2v) is 5.36. The smallest absolute Gasteiger partial charge is 0.410 e. The van der Waals surface area contributed by atoms with Gasteiger partial charge in [-0.1, -0.05) is 6.08 Å². The molecule has 1 aliphatic rings. The third kappa shape index (κ3) is 3.12. The van der Waals surface area contributed by atoms with Gasteiger partial charge in [-0.3, -0.25) is 0 Å². The molecule has 0 atom stereocenters. The Morgan fingerprint density at radius 3 is 2.78 bits per heavy atom. The first kappa shape index (κ1) is 12.7. The molecular formula is C13H19N3O2. The van der Waals surface area contributed by atoms with Crippen molar-refractivity contribution >= 4 is 11.7 Å². The highest BCUT2D eigenvalue weighted by Crippen LogP contribution is 2.21. The van der Waals surface area contributed by atoms with E-state index in [1.54, 1.807) is 11.2 Å². The van der Waals surface area contributed by atoms with Crippen LogP contribution >= 0.6 is 0 Å². The molecule has 0 bridgehead atoms. The number of aromatic amines is 1. The molecule has 1 aromatic rings. The van der Waals surface area contributed by atoms with Gasteiger partial charge in [0, 0.05) is 19.3 Å². The van der Waals surface area contributed by atoms with E-state index in [0.29, 0.717) is 13.1 Å². The fraction of sp³-hybridized carbons (Fsp3) is 0.538. The summed E-state index contributed by atoms with van der Waals surface area (Å²) in [6, 6.07) is 0. The number of nitrogens with one attached hydrogen (secondary N) is 1. The van der Waals surface area contributed by atoms with E-state index in [0.717, 1.165) is 12.1 Å². The predicted octanol–water partition coefficient (Wildman–Crippen LogP) is 2.43. The van der Waals surface area contributed by atoms with E-state index in [2.05, 4.69) is 9.97 Å². The summed E-state index contributed by atoms with van der Waals surface area (Å²) in [7, 11) is 0. The number of aromatic nitrogens is 2. The lowest BCUT2D eigenvalue weighted by Gasteiger charge is -2.29. The molecule has 0 saturated heterocycles. The molecule has 1 N–H and O–H groups in total. The Balaban J connectivity index is 1.96. The Morgan fingerprint density at radius 2 is 2.28 bits per heavy atom. The van der Waals surface area contributed by atoms with Crippen LogP contribution in [0.4, 0.5) is 4.79 Å². The van der Waals surface area contributed by atoms with E-state index in [1.165, 1.54) is 5.57 Å². The van der Waals surface area contributed by atoms with E-state index in [-0.39, 0.29) is 6.09 Å². The molecule has 0 unspecified atom stereocenters. The average Bonchev–Trinajstić information content (AvgIpc) is 2.80. The van der Waals surface area contributed by atoms with Crippen LogP contribution in [-0.2, 0) is 4.74 Å². The monoisotopic (exact) mass is 249 g/mol. The van der Waals surface area contributed by atoms with Crippen LogP contribution in [0.3, 0.4) is 0 Å². The molecule has 5 nitrogen and oxygen atoms in total. The van der Waals surface area contributed by atoms with Crippen molar-refractivity contribution in [1.82, 2.24) is 14.9 Å². The number of carbonyl (C=O) groups excluding carboxylic acids is 1. The van der Waals surface area contributed by atoms with Crippen molar-refractivity contribution in [3.8, 4) is 0 Å². The molecular weight excluding hydrogens is 230 g/mol. The number of H-pyrrole nitrogens is 1. The van der Waals surface area contributed by atoms with Gasteiger partial charge < -0.3 is 14.6 Å². The van der Waals surface area contributed by atoms with Crippen LogP contribution in [0.5, 0.6) is 0 Å². The number of hydrogen-bond acceptors (Lipinski definition) is 3. The predicted molar refractivity (Wildman–Crippen MR) is 69.0 cm³/mol. The minimum atomic E-state index is -0.441. The van der Waals surface area contributed by atoms with Crippen molar-refractivity contribution in [2.24, 2.45) is 0 Å². The lowest BCUT2D eigenvalue weighted by molar-refractivity contribution is 0.0270. The average molecular weight is 249 g/mol. The van der Waals surface area contributed by atoms with Gasteiger partial charge in [0.15, 0.2) is 0 Å². The number of imidazole rings is 1. The highest BCUT2D eigenvalue weighted by atomic mass is 16.6. The van der Waals surface area contributed by atoms with Crippen molar-refractivity contribution < 1.29 is 9.53 Å². The Morgan fingerprint density at radius 1 is 1.50 bits per heavy atom. The molecule has 1 aliphatic heterocycles. The van der Waals surface area contributed by atoms with Crippen LogP contribution in [0.25, 0.3) is 5.57 Å². The summed E-state index contributed by atoms with van der Waals surface area (Å²) in [4.78, 5) is 20.7. The molecule has 0 spiro atoms. The van der Waals surface area contributed by atoms with Gasteiger partial charge in [-0.2, -0.15) is 0 Å². The molecule has 2 rings (SSSR count). The summed E-state index contributed by atoms with van der Waals surface area (Å²) in [5.41, 5.74) is 1.69. The first-order valence-corrected chi connectivity index (χ1v) is 6.12.